The van der Waals surface area contributed by atoms with Gasteiger partial charge in [0, 0.05) is 0 Å². The van der Waals surface area contributed by atoms with Crippen LogP contribution < -0.4 is 0 Å². The zero-order chi connectivity index (χ0) is 16.5. The van der Waals surface area contributed by atoms with Gasteiger partial charge in [-0.2, -0.15) is 0 Å². The van der Waals surface area contributed by atoms with E-state index in [4.69, 9.17) is 4.74 Å². The van der Waals surface area contributed by atoms with Gasteiger partial charge in [0.1, 0.15) is 0 Å². The van der Waals surface area contributed by atoms with E-state index in [2.05, 4.69) is 20.8 Å². The molecule has 9 unspecified atom stereocenters. The van der Waals surface area contributed by atoms with Crippen molar-refractivity contribution in [1.29, 1.82) is 0 Å². The van der Waals surface area contributed by atoms with Gasteiger partial charge in [0.25, 0.3) is 0 Å². The molecule has 1 heteroatoms. The summed E-state index contributed by atoms with van der Waals surface area (Å²) in [6.07, 6.45) is 15.8. The molecule has 9 atom stereocenters. The molecular weight excluding hydrogens is 292 g/mol. The maximum Gasteiger partial charge on any atom is 0.0838 e. The molecule has 0 radical (unpaired) electrons. The Morgan fingerprint density at radius 2 is 1.62 bits per heavy atom. The third-order valence-electron chi connectivity index (χ3n) is 10.3. The lowest BCUT2D eigenvalue weighted by molar-refractivity contribution is -0.119. The first-order valence-corrected chi connectivity index (χ1v) is 11.2. The molecule has 1 heterocycles. The van der Waals surface area contributed by atoms with E-state index in [-0.39, 0.29) is 0 Å². The van der Waals surface area contributed by atoms with Gasteiger partial charge in [0.15, 0.2) is 0 Å². The summed E-state index contributed by atoms with van der Waals surface area (Å²) in [6, 6.07) is 0. The number of epoxide rings is 1. The highest BCUT2D eigenvalue weighted by molar-refractivity contribution is 5.09. The van der Waals surface area contributed by atoms with Crippen molar-refractivity contribution in [2.24, 2.45) is 46.3 Å². The highest BCUT2D eigenvalue weighted by atomic mass is 16.6. The molecule has 1 aliphatic heterocycles. The minimum Gasteiger partial charge on any atom is -0.373 e. The molecule has 0 bridgehead atoms. The summed E-state index contributed by atoms with van der Waals surface area (Å²) >= 11 is 0. The van der Waals surface area contributed by atoms with Crippen LogP contribution in [0.2, 0.25) is 0 Å². The van der Waals surface area contributed by atoms with Crippen LogP contribution in [-0.4, -0.2) is 12.7 Å². The van der Waals surface area contributed by atoms with Gasteiger partial charge in [-0.15, -0.1) is 0 Å². The van der Waals surface area contributed by atoms with Gasteiger partial charge in [-0.3, -0.25) is 0 Å². The van der Waals surface area contributed by atoms with E-state index >= 15 is 0 Å². The highest BCUT2D eigenvalue weighted by Gasteiger charge is 2.60. The average Bonchev–Trinajstić information content (AvgIpc) is 3.36. The second-order valence-electron chi connectivity index (χ2n) is 10.8. The molecule has 5 aliphatic rings. The van der Waals surface area contributed by atoms with E-state index in [1.807, 2.05) is 0 Å². The standard InChI is InChI=1S/C23H38O/c1-4-16-6-8-19-18-7-5-17-13-15(21-14-24-21)9-11-23(17,3)20(18)10-12-22(16,19)2/h15-21H,4-14H2,1-3H3. The van der Waals surface area contributed by atoms with E-state index < -0.39 is 0 Å². The van der Waals surface area contributed by atoms with Crippen LogP contribution in [-0.2, 0) is 4.74 Å². The molecule has 4 aliphatic carbocycles. The van der Waals surface area contributed by atoms with E-state index in [0.29, 0.717) is 16.9 Å². The Kier molecular flexibility index (Phi) is 3.69. The molecule has 4 saturated carbocycles. The summed E-state index contributed by atoms with van der Waals surface area (Å²) in [6.45, 7) is 8.92. The molecule has 1 saturated heterocycles. The predicted molar refractivity (Wildman–Crippen MR) is 98.7 cm³/mol. The molecular formula is C23H38O. The third-order valence-corrected chi connectivity index (χ3v) is 10.3. The number of ether oxygens (including phenoxy) is 1. The van der Waals surface area contributed by atoms with Gasteiger partial charge in [-0.25, -0.2) is 0 Å². The fourth-order valence-corrected chi connectivity index (χ4v) is 8.74. The zero-order valence-corrected chi connectivity index (χ0v) is 16.2. The van der Waals surface area contributed by atoms with Gasteiger partial charge >= 0.3 is 0 Å². The monoisotopic (exact) mass is 330 g/mol. The Balaban J connectivity index is 1.38. The quantitative estimate of drug-likeness (QED) is 0.560. The number of fused-ring (bicyclic) bond motifs is 5. The van der Waals surface area contributed by atoms with Crippen molar-refractivity contribution >= 4 is 0 Å². The molecule has 1 nitrogen and oxygen atoms in total. The molecule has 0 amide bonds. The van der Waals surface area contributed by atoms with Crippen molar-refractivity contribution in [3.05, 3.63) is 0 Å². The first kappa shape index (κ1) is 16.2. The summed E-state index contributed by atoms with van der Waals surface area (Å²) < 4.78 is 5.66. The minimum atomic E-state index is 0.655. The Hall–Kier alpha value is -0.0400. The van der Waals surface area contributed by atoms with E-state index in [0.717, 1.165) is 42.1 Å². The van der Waals surface area contributed by atoms with Gasteiger partial charge in [0.05, 0.1) is 12.7 Å². The molecule has 0 aromatic carbocycles. The van der Waals surface area contributed by atoms with Gasteiger partial charge < -0.3 is 4.74 Å². The SMILES string of the molecule is CCC1CCC2C3CCC4CC(C5CO5)CCC4(C)C3CCC12C. The Morgan fingerprint density at radius 3 is 2.38 bits per heavy atom. The van der Waals surface area contributed by atoms with Gasteiger partial charge in [-0.1, -0.05) is 27.2 Å². The molecule has 136 valence electrons. The fraction of sp³-hybridized carbons (Fsp3) is 1.00. The fourth-order valence-electron chi connectivity index (χ4n) is 8.74. The zero-order valence-electron chi connectivity index (χ0n) is 16.2. The summed E-state index contributed by atoms with van der Waals surface area (Å²) in [7, 11) is 0. The Morgan fingerprint density at radius 1 is 0.875 bits per heavy atom. The lowest BCUT2D eigenvalue weighted by Gasteiger charge is -2.61. The van der Waals surface area contributed by atoms with Crippen molar-refractivity contribution in [1.82, 2.24) is 0 Å². The molecule has 0 aromatic heterocycles. The third kappa shape index (κ3) is 2.15. The lowest BCUT2D eigenvalue weighted by Crippen LogP contribution is -2.53. The Labute approximate surface area is 149 Å². The summed E-state index contributed by atoms with van der Waals surface area (Å²) in [5.41, 5.74) is 1.36. The molecule has 5 fully saturated rings. The van der Waals surface area contributed by atoms with Crippen molar-refractivity contribution in [2.45, 2.75) is 91.1 Å². The molecule has 0 aromatic rings. The van der Waals surface area contributed by atoms with Crippen LogP contribution in [0.4, 0.5) is 0 Å². The van der Waals surface area contributed by atoms with Crippen molar-refractivity contribution in [2.75, 3.05) is 6.61 Å². The topological polar surface area (TPSA) is 12.5 Å². The number of hydrogen-bond donors (Lipinski definition) is 0. The molecule has 0 N–H and O–H groups in total. The van der Waals surface area contributed by atoms with Gasteiger partial charge in [-0.05, 0) is 104 Å². The van der Waals surface area contributed by atoms with Crippen LogP contribution in [0.3, 0.4) is 0 Å². The van der Waals surface area contributed by atoms with E-state index in [1.54, 1.807) is 19.3 Å². The summed E-state index contributed by atoms with van der Waals surface area (Å²) in [5, 5.41) is 0. The molecule has 0 spiro atoms. The maximum atomic E-state index is 5.66. The van der Waals surface area contributed by atoms with Crippen LogP contribution >= 0.6 is 0 Å². The van der Waals surface area contributed by atoms with Crippen molar-refractivity contribution in [3.63, 3.8) is 0 Å². The smallest absolute Gasteiger partial charge is 0.0838 e. The maximum absolute atomic E-state index is 5.66. The molecule has 24 heavy (non-hydrogen) atoms. The first-order valence-electron chi connectivity index (χ1n) is 11.2. The van der Waals surface area contributed by atoms with Crippen molar-refractivity contribution < 1.29 is 4.74 Å². The largest absolute Gasteiger partial charge is 0.373 e. The number of rotatable bonds is 2. The highest BCUT2D eigenvalue weighted by Crippen LogP contribution is 2.68. The van der Waals surface area contributed by atoms with Crippen molar-refractivity contribution in [3.8, 4) is 0 Å². The minimum absolute atomic E-state index is 0.655. The lowest BCUT2D eigenvalue weighted by atomic mass is 9.44. The first-order chi connectivity index (χ1) is 11.6. The average molecular weight is 331 g/mol. The van der Waals surface area contributed by atoms with Gasteiger partial charge in [0.2, 0.25) is 0 Å². The van der Waals surface area contributed by atoms with Crippen LogP contribution in [0, 0.1) is 46.3 Å². The second kappa shape index (κ2) is 5.48. The van der Waals surface area contributed by atoms with Crippen LogP contribution in [0.1, 0.15) is 85.0 Å². The van der Waals surface area contributed by atoms with Crippen LogP contribution in [0.25, 0.3) is 0 Å². The normalized spacial score (nSPS) is 59.4. The summed E-state index contributed by atoms with van der Waals surface area (Å²) in [5.74, 6) is 6.11. The predicted octanol–water partition coefficient (Wildman–Crippen LogP) is 6.07. The second-order valence-corrected chi connectivity index (χ2v) is 10.8. The number of hydrogen-bond acceptors (Lipinski definition) is 1. The van der Waals surface area contributed by atoms with Crippen LogP contribution in [0.5, 0.6) is 0 Å². The molecule has 5 rings (SSSR count). The van der Waals surface area contributed by atoms with Crippen LogP contribution in [0.15, 0.2) is 0 Å². The van der Waals surface area contributed by atoms with E-state index in [1.165, 1.54) is 44.9 Å². The Bertz CT molecular complexity index is 496. The summed E-state index contributed by atoms with van der Waals surface area (Å²) in [4.78, 5) is 0. The van der Waals surface area contributed by atoms with E-state index in [9.17, 15) is 0 Å².